The minimum atomic E-state index is -0.267. The standard InChI is InChI=1S/C26H31N3O4/c1-18(31)27-21-10-7-19(8-11-21)16-29-22(17-30)12-13-24(28-29)20-9-14-25(32-2)26(15-20)33-23-5-3-4-6-23/h7-11,14-15,17,22-23H,3-6,12-13,16H2,1-2H3,(H,27,31). The van der Waals surface area contributed by atoms with Gasteiger partial charge in [-0.3, -0.25) is 9.80 Å². The van der Waals surface area contributed by atoms with E-state index >= 15 is 0 Å². The Kier molecular flexibility index (Phi) is 7.27. The molecule has 1 amide bonds. The number of amides is 1. The number of anilines is 1. The zero-order valence-corrected chi connectivity index (χ0v) is 19.3. The first kappa shape index (κ1) is 22.8. The average Bonchev–Trinajstić information content (AvgIpc) is 3.33. The second-order valence-electron chi connectivity index (χ2n) is 8.65. The van der Waals surface area contributed by atoms with Crippen LogP contribution < -0.4 is 14.8 Å². The van der Waals surface area contributed by atoms with Crippen LogP contribution in [0.15, 0.2) is 47.6 Å². The van der Waals surface area contributed by atoms with Crippen molar-refractivity contribution in [3.8, 4) is 11.5 Å². The molecule has 2 aliphatic rings. The maximum Gasteiger partial charge on any atom is 0.221 e. The summed E-state index contributed by atoms with van der Waals surface area (Å²) >= 11 is 0. The predicted octanol–water partition coefficient (Wildman–Crippen LogP) is 4.54. The number of nitrogens with one attached hydrogen (secondary N) is 1. The first-order chi connectivity index (χ1) is 16.1. The van der Waals surface area contributed by atoms with Gasteiger partial charge in [0.25, 0.3) is 0 Å². The van der Waals surface area contributed by atoms with Gasteiger partial charge in [0.15, 0.2) is 11.5 Å². The summed E-state index contributed by atoms with van der Waals surface area (Å²) in [5.41, 5.74) is 3.68. The van der Waals surface area contributed by atoms with Gasteiger partial charge in [-0.25, -0.2) is 0 Å². The first-order valence-corrected chi connectivity index (χ1v) is 11.6. The van der Waals surface area contributed by atoms with Crippen molar-refractivity contribution in [2.24, 2.45) is 5.10 Å². The molecule has 0 bridgehead atoms. The van der Waals surface area contributed by atoms with Gasteiger partial charge in [-0.05, 0) is 74.4 Å². The number of ether oxygens (including phenoxy) is 2. The van der Waals surface area contributed by atoms with Gasteiger partial charge in [-0.2, -0.15) is 5.10 Å². The number of hydrogen-bond acceptors (Lipinski definition) is 6. The molecular formula is C26H31N3O4. The summed E-state index contributed by atoms with van der Waals surface area (Å²) in [6.45, 7) is 1.99. The molecule has 1 heterocycles. The summed E-state index contributed by atoms with van der Waals surface area (Å²) in [6.07, 6.45) is 7.18. The smallest absolute Gasteiger partial charge is 0.221 e. The van der Waals surface area contributed by atoms with E-state index in [-0.39, 0.29) is 18.1 Å². The molecule has 7 nitrogen and oxygen atoms in total. The van der Waals surface area contributed by atoms with E-state index in [0.717, 1.165) is 59.6 Å². The highest BCUT2D eigenvalue weighted by Crippen LogP contribution is 2.33. The molecule has 174 valence electrons. The van der Waals surface area contributed by atoms with Crippen LogP contribution in [-0.4, -0.2) is 42.2 Å². The van der Waals surface area contributed by atoms with Crippen molar-refractivity contribution >= 4 is 23.6 Å². The monoisotopic (exact) mass is 449 g/mol. The number of carbonyl (C=O) groups excluding carboxylic acids is 2. The highest BCUT2D eigenvalue weighted by molar-refractivity contribution is 6.01. The van der Waals surface area contributed by atoms with Crippen LogP contribution in [0.25, 0.3) is 0 Å². The van der Waals surface area contributed by atoms with Crippen LogP contribution in [0.1, 0.15) is 56.6 Å². The van der Waals surface area contributed by atoms with Gasteiger partial charge in [0.05, 0.1) is 25.5 Å². The van der Waals surface area contributed by atoms with Crippen molar-refractivity contribution in [3.63, 3.8) is 0 Å². The van der Waals surface area contributed by atoms with E-state index in [9.17, 15) is 9.59 Å². The largest absolute Gasteiger partial charge is 0.493 e. The fourth-order valence-electron chi connectivity index (χ4n) is 4.42. The number of carbonyl (C=O) groups is 2. The molecule has 1 N–H and O–H groups in total. The van der Waals surface area contributed by atoms with Crippen LogP contribution in [-0.2, 0) is 16.1 Å². The molecule has 2 aromatic rings. The number of benzene rings is 2. The summed E-state index contributed by atoms with van der Waals surface area (Å²) in [7, 11) is 1.66. The van der Waals surface area contributed by atoms with Crippen molar-refractivity contribution in [2.45, 2.75) is 64.1 Å². The minimum absolute atomic E-state index is 0.107. The topological polar surface area (TPSA) is 80.2 Å². The molecule has 1 aliphatic carbocycles. The van der Waals surface area contributed by atoms with Gasteiger partial charge in [0.1, 0.15) is 12.3 Å². The van der Waals surface area contributed by atoms with Crippen molar-refractivity contribution in [1.82, 2.24) is 5.01 Å². The summed E-state index contributed by atoms with van der Waals surface area (Å²) < 4.78 is 11.8. The Bertz CT molecular complexity index is 1010. The zero-order valence-electron chi connectivity index (χ0n) is 19.3. The van der Waals surface area contributed by atoms with Crippen LogP contribution in [0.4, 0.5) is 5.69 Å². The van der Waals surface area contributed by atoms with E-state index in [0.29, 0.717) is 13.0 Å². The molecule has 0 spiro atoms. The Hall–Kier alpha value is -3.35. The van der Waals surface area contributed by atoms with Crippen LogP contribution in [0.2, 0.25) is 0 Å². The molecule has 1 unspecified atom stereocenters. The Labute approximate surface area is 194 Å². The van der Waals surface area contributed by atoms with Crippen LogP contribution in [0.3, 0.4) is 0 Å². The van der Waals surface area contributed by atoms with Crippen molar-refractivity contribution in [1.29, 1.82) is 0 Å². The lowest BCUT2D eigenvalue weighted by atomic mass is 10.00. The number of hydrazone groups is 1. The molecule has 7 heteroatoms. The molecule has 1 fully saturated rings. The van der Waals surface area contributed by atoms with Gasteiger partial charge in [-0.1, -0.05) is 12.1 Å². The Morgan fingerprint density at radius 2 is 1.88 bits per heavy atom. The molecule has 0 aromatic heterocycles. The van der Waals surface area contributed by atoms with Crippen molar-refractivity contribution < 1.29 is 19.1 Å². The molecule has 1 atom stereocenters. The maximum absolute atomic E-state index is 11.7. The molecule has 1 saturated carbocycles. The second-order valence-corrected chi connectivity index (χ2v) is 8.65. The van der Waals surface area contributed by atoms with E-state index in [1.165, 1.54) is 19.8 Å². The molecule has 4 rings (SSSR count). The van der Waals surface area contributed by atoms with Gasteiger partial charge in [0.2, 0.25) is 5.91 Å². The molecule has 0 radical (unpaired) electrons. The fourth-order valence-corrected chi connectivity index (χ4v) is 4.42. The third-order valence-corrected chi connectivity index (χ3v) is 6.18. The SMILES string of the molecule is COc1ccc(C2=NN(Cc3ccc(NC(C)=O)cc3)C(C=O)CC2)cc1OC1CCCC1. The van der Waals surface area contributed by atoms with E-state index in [2.05, 4.69) is 5.32 Å². The summed E-state index contributed by atoms with van der Waals surface area (Å²) in [6, 6.07) is 13.3. The van der Waals surface area contributed by atoms with Crippen LogP contribution in [0, 0.1) is 0 Å². The molecule has 2 aromatic carbocycles. The van der Waals surface area contributed by atoms with Gasteiger partial charge >= 0.3 is 0 Å². The number of aldehydes is 1. The predicted molar refractivity (Wildman–Crippen MR) is 128 cm³/mol. The van der Waals surface area contributed by atoms with Crippen LogP contribution >= 0.6 is 0 Å². The van der Waals surface area contributed by atoms with Gasteiger partial charge < -0.3 is 19.6 Å². The highest BCUT2D eigenvalue weighted by atomic mass is 16.5. The molecule has 1 aliphatic heterocycles. The van der Waals surface area contributed by atoms with Gasteiger partial charge in [0, 0.05) is 18.2 Å². The third-order valence-electron chi connectivity index (χ3n) is 6.18. The van der Waals surface area contributed by atoms with Crippen LogP contribution in [0.5, 0.6) is 11.5 Å². The van der Waals surface area contributed by atoms with E-state index in [1.807, 2.05) is 47.5 Å². The summed E-state index contributed by atoms with van der Waals surface area (Å²) in [5, 5.41) is 9.47. The summed E-state index contributed by atoms with van der Waals surface area (Å²) in [4.78, 5) is 23.0. The lowest BCUT2D eigenvalue weighted by Crippen LogP contribution is -2.37. The van der Waals surface area contributed by atoms with Crippen molar-refractivity contribution in [3.05, 3.63) is 53.6 Å². The molecule has 0 saturated heterocycles. The summed E-state index contributed by atoms with van der Waals surface area (Å²) in [5.74, 6) is 1.37. The van der Waals surface area contributed by atoms with Gasteiger partial charge in [-0.15, -0.1) is 0 Å². The van der Waals surface area contributed by atoms with Crippen molar-refractivity contribution in [2.75, 3.05) is 12.4 Å². The Balaban J connectivity index is 1.54. The second kappa shape index (κ2) is 10.5. The lowest BCUT2D eigenvalue weighted by Gasteiger charge is -2.31. The Morgan fingerprint density at radius 3 is 2.55 bits per heavy atom. The normalized spacial score (nSPS) is 18.5. The molecular weight excluding hydrogens is 418 g/mol. The maximum atomic E-state index is 11.7. The van der Waals surface area contributed by atoms with E-state index in [1.54, 1.807) is 7.11 Å². The fraction of sp³-hybridized carbons (Fsp3) is 0.423. The molecule has 33 heavy (non-hydrogen) atoms. The quantitative estimate of drug-likeness (QED) is 0.599. The number of hydrogen-bond donors (Lipinski definition) is 1. The number of nitrogens with zero attached hydrogens (tertiary/aromatic N) is 2. The highest BCUT2D eigenvalue weighted by Gasteiger charge is 2.25. The third kappa shape index (κ3) is 5.72. The zero-order chi connectivity index (χ0) is 23.2. The average molecular weight is 450 g/mol. The minimum Gasteiger partial charge on any atom is -0.493 e. The lowest BCUT2D eigenvalue weighted by molar-refractivity contribution is -0.114. The number of rotatable bonds is 8. The number of methoxy groups -OCH3 is 1. The van der Waals surface area contributed by atoms with E-state index in [4.69, 9.17) is 14.6 Å². The van der Waals surface area contributed by atoms with E-state index < -0.39 is 0 Å². The first-order valence-electron chi connectivity index (χ1n) is 11.6. The Morgan fingerprint density at radius 1 is 1.12 bits per heavy atom.